The molecule has 0 unspecified atom stereocenters. The first-order valence-corrected chi connectivity index (χ1v) is 13.0. The molecule has 0 atom stereocenters. The van der Waals surface area contributed by atoms with E-state index < -0.39 is 10.0 Å². The number of hydrogen-bond acceptors (Lipinski definition) is 6. The second-order valence-corrected chi connectivity index (χ2v) is 10.5. The molecule has 8 heteroatoms. The minimum Gasteiger partial charge on any atom is -0.361 e. The number of ketones is 1. The Morgan fingerprint density at radius 3 is 2.28 bits per heavy atom. The number of rotatable bonds is 11. The van der Waals surface area contributed by atoms with Crippen LogP contribution in [0, 0.1) is 20.8 Å². The summed E-state index contributed by atoms with van der Waals surface area (Å²) in [4.78, 5) is 18.3. The van der Waals surface area contributed by atoms with Gasteiger partial charge in [0.05, 0.1) is 15.5 Å². The van der Waals surface area contributed by atoms with Gasteiger partial charge in [0.15, 0.2) is 5.13 Å². The van der Waals surface area contributed by atoms with Gasteiger partial charge >= 0.3 is 0 Å². The van der Waals surface area contributed by atoms with Crippen molar-refractivity contribution in [1.82, 2.24) is 9.71 Å². The van der Waals surface area contributed by atoms with Crippen LogP contribution in [-0.2, 0) is 10.0 Å². The van der Waals surface area contributed by atoms with Gasteiger partial charge in [0.25, 0.3) is 0 Å². The number of sulfonamides is 1. The van der Waals surface area contributed by atoms with Gasteiger partial charge in [-0.05, 0) is 50.8 Å². The Hall–Kier alpha value is -2.55. The highest BCUT2D eigenvalue weighted by molar-refractivity contribution is 7.89. The molecule has 0 radical (unpaired) electrons. The molecule has 0 bridgehead atoms. The van der Waals surface area contributed by atoms with Crippen LogP contribution in [0.1, 0.15) is 51.3 Å². The molecule has 0 saturated heterocycles. The summed E-state index contributed by atoms with van der Waals surface area (Å²) in [6, 6.07) is 14.5. The number of unbranched alkanes of at least 4 members (excludes halogenated alkanes) is 2. The number of hydrogen-bond donors (Lipinski definition) is 2. The Bertz CT molecular complexity index is 1190. The van der Waals surface area contributed by atoms with Gasteiger partial charge in [-0.15, -0.1) is 0 Å². The van der Waals surface area contributed by atoms with Crippen molar-refractivity contribution in [2.75, 3.05) is 18.4 Å². The lowest BCUT2D eigenvalue weighted by molar-refractivity contribution is 0.104. The first kappa shape index (κ1) is 24.1. The van der Waals surface area contributed by atoms with Crippen molar-refractivity contribution in [3.8, 4) is 0 Å². The van der Waals surface area contributed by atoms with Crippen molar-refractivity contribution < 1.29 is 13.2 Å². The fourth-order valence-electron chi connectivity index (χ4n) is 3.40. The van der Waals surface area contributed by atoms with Crippen molar-refractivity contribution in [3.05, 3.63) is 75.8 Å². The largest absolute Gasteiger partial charge is 0.361 e. The Balaban J connectivity index is 1.42. The number of nitrogens with zero attached hydrogens (tertiary/aromatic N) is 1. The molecule has 0 spiro atoms. The van der Waals surface area contributed by atoms with Gasteiger partial charge in [0.1, 0.15) is 0 Å². The molecule has 3 rings (SSSR count). The number of aryl methyl sites for hydroxylation is 3. The van der Waals surface area contributed by atoms with Crippen molar-refractivity contribution in [2.24, 2.45) is 0 Å². The van der Waals surface area contributed by atoms with E-state index in [0.717, 1.165) is 47.8 Å². The highest BCUT2D eigenvalue weighted by atomic mass is 32.2. The highest BCUT2D eigenvalue weighted by Crippen LogP contribution is 2.26. The van der Waals surface area contributed by atoms with Gasteiger partial charge in [0, 0.05) is 18.7 Å². The van der Waals surface area contributed by atoms with Crippen LogP contribution >= 0.6 is 11.3 Å². The second kappa shape index (κ2) is 10.8. The molecular formula is C24H29N3O3S2. The fraction of sp³-hybridized carbons (Fsp3) is 0.333. The summed E-state index contributed by atoms with van der Waals surface area (Å²) in [5.41, 5.74) is 3.14. The molecular weight excluding hydrogens is 442 g/mol. The fourth-order valence-corrected chi connectivity index (χ4v) is 5.66. The van der Waals surface area contributed by atoms with E-state index in [1.165, 1.54) is 11.3 Å². The Labute approximate surface area is 194 Å². The van der Waals surface area contributed by atoms with E-state index in [1.807, 2.05) is 44.2 Å². The number of benzene rings is 2. The van der Waals surface area contributed by atoms with Gasteiger partial charge in [-0.1, -0.05) is 60.2 Å². The summed E-state index contributed by atoms with van der Waals surface area (Å²) in [6.45, 7) is 6.70. The predicted octanol–water partition coefficient (Wildman–Crippen LogP) is 4.86. The van der Waals surface area contributed by atoms with Gasteiger partial charge in [-0.25, -0.2) is 18.1 Å². The molecule has 0 aliphatic heterocycles. The van der Waals surface area contributed by atoms with E-state index in [4.69, 9.17) is 0 Å². The van der Waals surface area contributed by atoms with Crippen molar-refractivity contribution in [2.45, 2.75) is 44.9 Å². The highest BCUT2D eigenvalue weighted by Gasteiger charge is 2.18. The minimum absolute atomic E-state index is 0.00656. The van der Waals surface area contributed by atoms with Crippen LogP contribution in [0.2, 0.25) is 0 Å². The molecule has 0 fully saturated rings. The lowest BCUT2D eigenvalue weighted by Gasteiger charge is -2.09. The molecule has 32 heavy (non-hydrogen) atoms. The number of nitrogens with one attached hydrogen (secondary N) is 2. The van der Waals surface area contributed by atoms with Crippen LogP contribution in [-0.4, -0.2) is 32.3 Å². The minimum atomic E-state index is -3.47. The summed E-state index contributed by atoms with van der Waals surface area (Å²) < 4.78 is 27.4. The van der Waals surface area contributed by atoms with E-state index in [-0.39, 0.29) is 5.78 Å². The average molecular weight is 472 g/mol. The molecule has 1 heterocycles. The monoisotopic (exact) mass is 471 g/mol. The topological polar surface area (TPSA) is 88.2 Å². The van der Waals surface area contributed by atoms with E-state index in [9.17, 15) is 13.2 Å². The zero-order chi connectivity index (χ0) is 23.1. The second-order valence-electron chi connectivity index (χ2n) is 7.73. The quantitative estimate of drug-likeness (QED) is 0.308. The molecule has 3 aromatic rings. The standard InChI is InChI=1S/C24H29N3O3S2/c1-17-11-5-7-13-20(17)22(28)23-19(3)27-24(31-23)25-15-9-4-10-16-26-32(29,30)21-14-8-6-12-18(21)2/h5-8,11-14,26H,4,9-10,15-16H2,1-3H3,(H,25,27). The predicted molar refractivity (Wildman–Crippen MR) is 130 cm³/mol. The summed E-state index contributed by atoms with van der Waals surface area (Å²) in [7, 11) is -3.47. The van der Waals surface area contributed by atoms with Gasteiger partial charge in [-0.2, -0.15) is 0 Å². The Kier molecular flexibility index (Phi) is 8.17. The number of thiazole rings is 1. The SMILES string of the molecule is Cc1ccccc1C(=O)c1sc(NCCCCCNS(=O)(=O)c2ccccc2C)nc1C. The molecule has 0 aliphatic carbocycles. The first-order chi connectivity index (χ1) is 15.3. The molecule has 0 aliphatic rings. The third-order valence-corrected chi connectivity index (χ3v) is 7.93. The molecule has 6 nitrogen and oxygen atoms in total. The van der Waals surface area contributed by atoms with Crippen molar-refractivity contribution in [3.63, 3.8) is 0 Å². The lowest BCUT2D eigenvalue weighted by atomic mass is 10.0. The zero-order valence-corrected chi connectivity index (χ0v) is 20.3. The van der Waals surface area contributed by atoms with E-state index in [0.29, 0.717) is 21.9 Å². The average Bonchev–Trinajstić information content (AvgIpc) is 3.13. The van der Waals surface area contributed by atoms with Crippen LogP contribution in [0.5, 0.6) is 0 Å². The number of carbonyl (C=O) groups excluding carboxylic acids is 1. The van der Waals surface area contributed by atoms with E-state index in [2.05, 4.69) is 15.0 Å². The molecule has 0 saturated carbocycles. The van der Waals surface area contributed by atoms with Gasteiger partial charge in [-0.3, -0.25) is 4.79 Å². The molecule has 170 valence electrons. The summed E-state index contributed by atoms with van der Waals surface area (Å²) in [6.07, 6.45) is 2.51. The van der Waals surface area contributed by atoms with Gasteiger partial charge in [0.2, 0.25) is 15.8 Å². The number of aromatic nitrogens is 1. The zero-order valence-electron chi connectivity index (χ0n) is 18.6. The maximum Gasteiger partial charge on any atom is 0.240 e. The van der Waals surface area contributed by atoms with E-state index >= 15 is 0 Å². The first-order valence-electron chi connectivity index (χ1n) is 10.7. The Morgan fingerprint density at radius 1 is 0.906 bits per heavy atom. The van der Waals surface area contributed by atoms with Crippen LogP contribution in [0.3, 0.4) is 0 Å². The van der Waals surface area contributed by atoms with Crippen molar-refractivity contribution in [1.29, 1.82) is 0 Å². The summed E-state index contributed by atoms with van der Waals surface area (Å²) >= 11 is 1.38. The molecule has 2 N–H and O–H groups in total. The maximum atomic E-state index is 12.8. The molecule has 0 amide bonds. The van der Waals surface area contributed by atoms with Crippen molar-refractivity contribution >= 4 is 32.3 Å². The van der Waals surface area contributed by atoms with Crippen LogP contribution in [0.4, 0.5) is 5.13 Å². The normalized spacial score (nSPS) is 11.5. The smallest absolute Gasteiger partial charge is 0.240 e. The number of anilines is 1. The molecule has 1 aromatic heterocycles. The van der Waals surface area contributed by atoms with Crippen LogP contribution in [0.15, 0.2) is 53.4 Å². The maximum absolute atomic E-state index is 12.8. The summed E-state index contributed by atoms with van der Waals surface area (Å²) in [5, 5.41) is 4.02. The lowest BCUT2D eigenvalue weighted by Crippen LogP contribution is -2.25. The van der Waals surface area contributed by atoms with Crippen LogP contribution in [0.25, 0.3) is 0 Å². The third-order valence-electron chi connectivity index (χ3n) is 5.20. The van der Waals surface area contributed by atoms with Gasteiger partial charge < -0.3 is 5.32 Å². The molecule has 2 aromatic carbocycles. The summed E-state index contributed by atoms with van der Waals surface area (Å²) in [5.74, 6) is 0.00656. The Morgan fingerprint density at radius 2 is 1.56 bits per heavy atom. The third kappa shape index (κ3) is 6.03. The van der Waals surface area contributed by atoms with E-state index in [1.54, 1.807) is 25.1 Å². The number of carbonyl (C=O) groups is 1. The van der Waals surface area contributed by atoms with Crippen LogP contribution < -0.4 is 10.0 Å².